The van der Waals surface area contributed by atoms with E-state index in [4.69, 9.17) is 10.5 Å². The zero-order chi connectivity index (χ0) is 11.7. The molecule has 0 spiro atoms. The highest BCUT2D eigenvalue weighted by Crippen LogP contribution is 2.35. The van der Waals surface area contributed by atoms with E-state index in [0.717, 1.165) is 6.07 Å². The number of phenolic OH excluding ortho intramolecular Hbond substituents is 1. The van der Waals surface area contributed by atoms with Crippen LogP contribution in [0.2, 0.25) is 0 Å². The van der Waals surface area contributed by atoms with Crippen LogP contribution in [0.4, 0.5) is 10.2 Å². The molecule has 0 fully saturated rings. The number of aromatic amines is 1. The number of aromatic hydroxyl groups is 1. The topological polar surface area (TPSA) is 84.2 Å². The average Bonchev–Trinajstić information content (AvgIpc) is 2.67. The lowest BCUT2D eigenvalue weighted by Crippen LogP contribution is -1.92. The predicted molar refractivity (Wildman–Crippen MR) is 56.6 cm³/mol. The van der Waals surface area contributed by atoms with Gasteiger partial charge < -0.3 is 15.6 Å². The maximum atomic E-state index is 13.7. The number of rotatable bonds is 2. The van der Waals surface area contributed by atoms with Crippen molar-refractivity contribution in [2.24, 2.45) is 0 Å². The molecule has 4 N–H and O–H groups in total. The number of H-pyrrole nitrogens is 1. The second kappa shape index (κ2) is 3.73. The molecule has 16 heavy (non-hydrogen) atoms. The summed E-state index contributed by atoms with van der Waals surface area (Å²) in [5, 5.41) is 15.7. The van der Waals surface area contributed by atoms with Gasteiger partial charge in [0.25, 0.3) is 0 Å². The molecule has 6 heteroatoms. The van der Waals surface area contributed by atoms with Gasteiger partial charge in [0.2, 0.25) is 0 Å². The standard InChI is InChI=1S/C10H10FN3O2/c1-16-9-3-7(11)5(2-8(9)15)6-4-13-14-10(6)12/h2-4,15H,1H3,(H3,12,13,14). The molecule has 2 aromatic rings. The number of hydrogen-bond acceptors (Lipinski definition) is 4. The molecule has 0 aliphatic carbocycles. The Morgan fingerprint density at radius 2 is 2.19 bits per heavy atom. The van der Waals surface area contributed by atoms with E-state index in [1.807, 2.05) is 0 Å². The molecule has 0 saturated carbocycles. The van der Waals surface area contributed by atoms with E-state index in [9.17, 15) is 9.50 Å². The number of methoxy groups -OCH3 is 1. The summed E-state index contributed by atoms with van der Waals surface area (Å²) in [4.78, 5) is 0. The van der Waals surface area contributed by atoms with Crippen LogP contribution >= 0.6 is 0 Å². The first-order valence-electron chi connectivity index (χ1n) is 4.49. The molecular formula is C10H10FN3O2. The molecule has 0 atom stereocenters. The normalized spacial score (nSPS) is 10.4. The third-order valence-electron chi connectivity index (χ3n) is 2.23. The number of nitrogens with two attached hydrogens (primary N) is 1. The number of aromatic nitrogens is 2. The number of nitrogens with zero attached hydrogens (tertiary/aromatic N) is 1. The van der Waals surface area contributed by atoms with Gasteiger partial charge in [-0.25, -0.2) is 4.39 Å². The summed E-state index contributed by atoms with van der Waals surface area (Å²) in [5.41, 5.74) is 6.13. The van der Waals surface area contributed by atoms with Crippen molar-refractivity contribution in [2.75, 3.05) is 12.8 Å². The Balaban J connectivity index is 2.59. The van der Waals surface area contributed by atoms with E-state index >= 15 is 0 Å². The maximum Gasteiger partial charge on any atom is 0.163 e. The minimum Gasteiger partial charge on any atom is -0.504 e. The second-order valence-corrected chi connectivity index (χ2v) is 3.20. The zero-order valence-corrected chi connectivity index (χ0v) is 8.49. The van der Waals surface area contributed by atoms with Crippen LogP contribution in [0.3, 0.4) is 0 Å². The fourth-order valence-corrected chi connectivity index (χ4v) is 1.42. The van der Waals surface area contributed by atoms with Gasteiger partial charge in [0.05, 0.1) is 13.3 Å². The van der Waals surface area contributed by atoms with Crippen molar-refractivity contribution in [3.8, 4) is 22.6 Å². The van der Waals surface area contributed by atoms with Crippen molar-refractivity contribution in [1.82, 2.24) is 10.2 Å². The quantitative estimate of drug-likeness (QED) is 0.720. The summed E-state index contributed by atoms with van der Waals surface area (Å²) in [7, 11) is 1.35. The van der Waals surface area contributed by atoms with Crippen molar-refractivity contribution in [1.29, 1.82) is 0 Å². The van der Waals surface area contributed by atoms with Gasteiger partial charge in [0, 0.05) is 17.2 Å². The number of halogens is 1. The first kappa shape index (κ1) is 10.3. The Morgan fingerprint density at radius 3 is 2.75 bits per heavy atom. The van der Waals surface area contributed by atoms with Crippen molar-refractivity contribution in [3.63, 3.8) is 0 Å². The maximum absolute atomic E-state index is 13.7. The number of nitrogen functional groups attached to an aromatic ring is 1. The monoisotopic (exact) mass is 223 g/mol. The zero-order valence-electron chi connectivity index (χ0n) is 8.49. The predicted octanol–water partition coefficient (Wildman–Crippen LogP) is 1.51. The van der Waals surface area contributed by atoms with Gasteiger partial charge >= 0.3 is 0 Å². The second-order valence-electron chi connectivity index (χ2n) is 3.20. The minimum atomic E-state index is -0.539. The summed E-state index contributed by atoms with van der Waals surface area (Å²) in [6.45, 7) is 0. The largest absolute Gasteiger partial charge is 0.504 e. The highest BCUT2D eigenvalue weighted by Gasteiger charge is 2.14. The van der Waals surface area contributed by atoms with Gasteiger partial charge in [-0.3, -0.25) is 5.10 Å². The minimum absolute atomic E-state index is 0.0725. The summed E-state index contributed by atoms with van der Waals surface area (Å²) in [6, 6.07) is 2.34. The third-order valence-corrected chi connectivity index (χ3v) is 2.23. The lowest BCUT2D eigenvalue weighted by atomic mass is 10.1. The molecular weight excluding hydrogens is 213 g/mol. The van der Waals surface area contributed by atoms with Crippen LogP contribution in [0.1, 0.15) is 0 Å². The molecule has 5 nitrogen and oxygen atoms in total. The van der Waals surface area contributed by atoms with Crippen LogP contribution < -0.4 is 10.5 Å². The Kier molecular flexibility index (Phi) is 2.40. The third kappa shape index (κ3) is 1.54. The van der Waals surface area contributed by atoms with Gasteiger partial charge in [0.15, 0.2) is 11.5 Å². The molecule has 0 saturated heterocycles. The van der Waals surface area contributed by atoms with Crippen LogP contribution in [-0.4, -0.2) is 22.4 Å². The highest BCUT2D eigenvalue weighted by molar-refractivity contribution is 5.75. The van der Waals surface area contributed by atoms with E-state index in [1.54, 1.807) is 0 Å². The molecule has 1 aromatic carbocycles. The fourth-order valence-electron chi connectivity index (χ4n) is 1.42. The molecule has 0 amide bonds. The Bertz CT molecular complexity index is 525. The smallest absolute Gasteiger partial charge is 0.163 e. The molecule has 0 aliphatic heterocycles. The van der Waals surface area contributed by atoms with Crippen LogP contribution in [0.15, 0.2) is 18.3 Å². The number of benzene rings is 1. The summed E-state index contributed by atoms with van der Waals surface area (Å²) in [6.07, 6.45) is 1.39. The van der Waals surface area contributed by atoms with Gasteiger partial charge in [-0.15, -0.1) is 0 Å². The van der Waals surface area contributed by atoms with Gasteiger partial charge in [-0.2, -0.15) is 5.10 Å². The van der Waals surface area contributed by atoms with E-state index in [0.29, 0.717) is 5.56 Å². The number of hydrogen-bond donors (Lipinski definition) is 3. The Hall–Kier alpha value is -2.24. The molecule has 0 bridgehead atoms. The summed E-state index contributed by atoms with van der Waals surface area (Å²) in [5.74, 6) is -0.381. The first-order chi connectivity index (χ1) is 7.63. The van der Waals surface area contributed by atoms with Gasteiger partial charge in [-0.05, 0) is 6.07 Å². The van der Waals surface area contributed by atoms with Crippen LogP contribution in [0.25, 0.3) is 11.1 Å². The first-order valence-corrected chi connectivity index (χ1v) is 4.49. The van der Waals surface area contributed by atoms with E-state index < -0.39 is 5.82 Å². The number of anilines is 1. The molecule has 2 rings (SSSR count). The van der Waals surface area contributed by atoms with Crippen molar-refractivity contribution in [2.45, 2.75) is 0 Å². The molecule has 0 unspecified atom stereocenters. The molecule has 1 heterocycles. The van der Waals surface area contributed by atoms with Crippen LogP contribution in [0, 0.1) is 5.82 Å². The van der Waals surface area contributed by atoms with Crippen LogP contribution in [-0.2, 0) is 0 Å². The van der Waals surface area contributed by atoms with E-state index in [-0.39, 0.29) is 22.9 Å². The molecule has 0 radical (unpaired) electrons. The van der Waals surface area contributed by atoms with Gasteiger partial charge in [0.1, 0.15) is 11.6 Å². The Morgan fingerprint density at radius 1 is 1.44 bits per heavy atom. The van der Waals surface area contributed by atoms with Crippen molar-refractivity contribution < 1.29 is 14.2 Å². The SMILES string of the molecule is COc1cc(F)c(-c2cn[nH]c2N)cc1O. The van der Waals surface area contributed by atoms with Gasteiger partial charge in [-0.1, -0.05) is 0 Å². The summed E-state index contributed by atoms with van der Waals surface area (Å²) >= 11 is 0. The number of phenols is 1. The molecule has 84 valence electrons. The van der Waals surface area contributed by atoms with Crippen molar-refractivity contribution >= 4 is 5.82 Å². The molecule has 1 aromatic heterocycles. The average molecular weight is 223 g/mol. The Labute approximate surface area is 90.7 Å². The lowest BCUT2D eigenvalue weighted by molar-refractivity contribution is 0.370. The van der Waals surface area contributed by atoms with Crippen molar-refractivity contribution in [3.05, 3.63) is 24.1 Å². The lowest BCUT2D eigenvalue weighted by Gasteiger charge is -2.07. The van der Waals surface area contributed by atoms with E-state index in [2.05, 4.69) is 10.2 Å². The fraction of sp³-hybridized carbons (Fsp3) is 0.100. The number of ether oxygens (including phenoxy) is 1. The molecule has 0 aliphatic rings. The van der Waals surface area contributed by atoms with E-state index in [1.165, 1.54) is 19.4 Å². The highest BCUT2D eigenvalue weighted by atomic mass is 19.1. The van der Waals surface area contributed by atoms with Crippen LogP contribution in [0.5, 0.6) is 11.5 Å². The summed E-state index contributed by atoms with van der Waals surface area (Å²) < 4.78 is 18.5. The number of nitrogens with one attached hydrogen (secondary N) is 1.